The van der Waals surface area contributed by atoms with Crippen molar-refractivity contribution >= 4 is 29.0 Å². The normalized spacial score (nSPS) is 21.3. The molecule has 0 radical (unpaired) electrons. The molecule has 1 aliphatic carbocycles. The molecule has 0 atom stereocenters. The number of hydrogen-bond acceptors (Lipinski definition) is 3. The van der Waals surface area contributed by atoms with Gasteiger partial charge in [-0.15, -0.1) is 0 Å². The Balaban J connectivity index is 2.03. The van der Waals surface area contributed by atoms with Gasteiger partial charge in [-0.25, -0.2) is 4.98 Å². The molecule has 1 aromatic rings. The second-order valence-corrected chi connectivity index (χ2v) is 6.46. The monoisotopic (exact) mass is 273 g/mol. The van der Waals surface area contributed by atoms with Gasteiger partial charge in [-0.3, -0.25) is 0 Å². The van der Waals surface area contributed by atoms with E-state index < -0.39 is 0 Å². The summed E-state index contributed by atoms with van der Waals surface area (Å²) in [5.74, 6) is 1.23. The van der Waals surface area contributed by atoms with Crippen LogP contribution in [0.15, 0.2) is 6.20 Å². The number of aromatic nitrogens is 2. The van der Waals surface area contributed by atoms with Gasteiger partial charge in [0.2, 0.25) is 5.28 Å². The van der Waals surface area contributed by atoms with Crippen LogP contribution in [0.1, 0.15) is 27.7 Å². The largest absolute Gasteiger partial charge is 0.368 e. The number of rotatable bonds is 3. The van der Waals surface area contributed by atoms with Gasteiger partial charge in [0.25, 0.3) is 0 Å². The van der Waals surface area contributed by atoms with Crippen molar-refractivity contribution in [3.8, 4) is 0 Å². The number of halogens is 2. The van der Waals surface area contributed by atoms with Crippen molar-refractivity contribution in [2.75, 3.05) is 11.9 Å². The van der Waals surface area contributed by atoms with Crippen LogP contribution in [0.4, 0.5) is 5.82 Å². The Morgan fingerprint density at radius 3 is 2.35 bits per heavy atom. The lowest BCUT2D eigenvalue weighted by molar-refractivity contribution is 0.457. The maximum absolute atomic E-state index is 6.00. The molecule has 5 heteroatoms. The minimum absolute atomic E-state index is 0.214. The van der Waals surface area contributed by atoms with Gasteiger partial charge in [0.1, 0.15) is 10.8 Å². The summed E-state index contributed by atoms with van der Waals surface area (Å²) in [5.41, 5.74) is 0.701. The molecular formula is C12H17Cl2N3. The zero-order chi connectivity index (χ0) is 12.8. The highest BCUT2D eigenvalue weighted by atomic mass is 35.5. The third kappa shape index (κ3) is 2.11. The molecule has 0 saturated heterocycles. The molecule has 0 aromatic carbocycles. The van der Waals surface area contributed by atoms with Crippen LogP contribution in [0.2, 0.25) is 10.3 Å². The molecule has 1 heterocycles. The van der Waals surface area contributed by atoms with E-state index in [4.69, 9.17) is 23.2 Å². The van der Waals surface area contributed by atoms with Crippen molar-refractivity contribution in [2.45, 2.75) is 27.7 Å². The molecular weight excluding hydrogens is 257 g/mol. The van der Waals surface area contributed by atoms with Crippen molar-refractivity contribution in [1.29, 1.82) is 0 Å². The molecule has 0 unspecified atom stereocenters. The van der Waals surface area contributed by atoms with E-state index in [2.05, 4.69) is 43.0 Å². The highest BCUT2D eigenvalue weighted by molar-refractivity contribution is 6.33. The first-order valence-corrected chi connectivity index (χ1v) is 6.44. The minimum Gasteiger partial charge on any atom is -0.368 e. The Labute approximate surface area is 112 Å². The Morgan fingerprint density at radius 1 is 1.24 bits per heavy atom. The van der Waals surface area contributed by atoms with Crippen LogP contribution in [-0.2, 0) is 0 Å². The van der Waals surface area contributed by atoms with E-state index in [9.17, 15) is 0 Å². The number of nitrogens with zero attached hydrogens (tertiary/aromatic N) is 2. The molecule has 1 aliphatic rings. The second-order valence-electron chi connectivity index (χ2n) is 5.71. The molecule has 0 spiro atoms. The number of hydrogen-bond donors (Lipinski definition) is 1. The van der Waals surface area contributed by atoms with Gasteiger partial charge in [-0.2, -0.15) is 4.98 Å². The van der Waals surface area contributed by atoms with Crippen molar-refractivity contribution in [2.24, 2.45) is 16.7 Å². The molecule has 94 valence electrons. The second kappa shape index (κ2) is 3.99. The van der Waals surface area contributed by atoms with Crippen molar-refractivity contribution < 1.29 is 0 Å². The standard InChI is InChI=1S/C12H17Cl2N3/c1-11(2)8(12(11,3)4)6-15-9-7(13)5-16-10(14)17-9/h5,8H,6H2,1-4H3,(H,15,16,17). The topological polar surface area (TPSA) is 37.8 Å². The molecule has 0 aliphatic heterocycles. The summed E-state index contributed by atoms with van der Waals surface area (Å²) in [6.45, 7) is 10.00. The quantitative estimate of drug-likeness (QED) is 0.850. The minimum atomic E-state index is 0.214. The summed E-state index contributed by atoms with van der Waals surface area (Å²) >= 11 is 11.7. The summed E-state index contributed by atoms with van der Waals surface area (Å²) in [4.78, 5) is 7.90. The van der Waals surface area contributed by atoms with Crippen LogP contribution in [0.3, 0.4) is 0 Å². The molecule has 2 rings (SSSR count). The van der Waals surface area contributed by atoms with E-state index in [1.165, 1.54) is 6.20 Å². The van der Waals surface area contributed by atoms with Gasteiger partial charge in [-0.05, 0) is 28.3 Å². The molecule has 1 saturated carbocycles. The zero-order valence-corrected chi connectivity index (χ0v) is 12.0. The van der Waals surface area contributed by atoms with Gasteiger partial charge in [0.15, 0.2) is 0 Å². The molecule has 1 aromatic heterocycles. The lowest BCUT2D eigenvalue weighted by atomic mass is 10.0. The molecule has 17 heavy (non-hydrogen) atoms. The van der Waals surface area contributed by atoms with Crippen LogP contribution < -0.4 is 5.32 Å². The van der Waals surface area contributed by atoms with Crippen LogP contribution in [0, 0.1) is 16.7 Å². The highest BCUT2D eigenvalue weighted by Gasteiger charge is 2.64. The summed E-state index contributed by atoms with van der Waals surface area (Å²) < 4.78 is 0. The Kier molecular flexibility index (Phi) is 3.03. The molecule has 1 N–H and O–H groups in total. The van der Waals surface area contributed by atoms with Gasteiger partial charge in [-0.1, -0.05) is 39.3 Å². The summed E-state index contributed by atoms with van der Waals surface area (Å²) in [5, 5.41) is 3.98. The summed E-state index contributed by atoms with van der Waals surface area (Å²) in [6, 6.07) is 0. The maximum atomic E-state index is 6.00. The first kappa shape index (κ1) is 12.9. The Bertz CT molecular complexity index is 429. The number of anilines is 1. The fraction of sp³-hybridized carbons (Fsp3) is 0.667. The predicted octanol–water partition coefficient (Wildman–Crippen LogP) is 3.88. The molecule has 3 nitrogen and oxygen atoms in total. The lowest BCUT2D eigenvalue weighted by Gasteiger charge is -2.08. The average molecular weight is 274 g/mol. The fourth-order valence-electron chi connectivity index (χ4n) is 2.51. The fourth-order valence-corrected chi connectivity index (χ4v) is 2.80. The van der Waals surface area contributed by atoms with Gasteiger partial charge in [0.05, 0.1) is 6.20 Å². The van der Waals surface area contributed by atoms with Crippen molar-refractivity contribution in [1.82, 2.24) is 9.97 Å². The van der Waals surface area contributed by atoms with E-state index in [1.807, 2.05) is 0 Å². The molecule has 0 amide bonds. The van der Waals surface area contributed by atoms with E-state index in [1.54, 1.807) is 0 Å². The predicted molar refractivity (Wildman–Crippen MR) is 71.6 cm³/mol. The Morgan fingerprint density at radius 2 is 1.82 bits per heavy atom. The third-order valence-electron chi connectivity index (χ3n) is 4.51. The van der Waals surface area contributed by atoms with Gasteiger partial charge >= 0.3 is 0 Å². The van der Waals surface area contributed by atoms with Crippen molar-refractivity contribution in [3.05, 3.63) is 16.5 Å². The molecule has 1 fully saturated rings. The number of nitrogens with one attached hydrogen (secondary N) is 1. The van der Waals surface area contributed by atoms with Gasteiger partial charge < -0.3 is 5.32 Å². The van der Waals surface area contributed by atoms with Crippen LogP contribution in [0.5, 0.6) is 0 Å². The van der Waals surface area contributed by atoms with E-state index in [0.717, 1.165) is 6.54 Å². The van der Waals surface area contributed by atoms with Crippen LogP contribution in [-0.4, -0.2) is 16.5 Å². The van der Waals surface area contributed by atoms with E-state index >= 15 is 0 Å². The summed E-state index contributed by atoms with van der Waals surface area (Å²) in [7, 11) is 0. The first-order valence-electron chi connectivity index (χ1n) is 5.68. The highest BCUT2D eigenvalue weighted by Crippen LogP contribution is 2.68. The Hall–Kier alpha value is -0.540. The third-order valence-corrected chi connectivity index (χ3v) is 4.97. The van der Waals surface area contributed by atoms with E-state index in [0.29, 0.717) is 27.6 Å². The average Bonchev–Trinajstić information content (AvgIpc) is 2.60. The zero-order valence-electron chi connectivity index (χ0n) is 10.5. The SMILES string of the molecule is CC1(C)C(CNc2nc(Cl)ncc2Cl)C1(C)C. The smallest absolute Gasteiger partial charge is 0.224 e. The molecule has 0 bridgehead atoms. The van der Waals surface area contributed by atoms with Crippen LogP contribution in [0.25, 0.3) is 0 Å². The van der Waals surface area contributed by atoms with Gasteiger partial charge in [0, 0.05) is 6.54 Å². The van der Waals surface area contributed by atoms with Crippen molar-refractivity contribution in [3.63, 3.8) is 0 Å². The van der Waals surface area contributed by atoms with Crippen LogP contribution >= 0.6 is 23.2 Å². The first-order chi connectivity index (χ1) is 7.76. The maximum Gasteiger partial charge on any atom is 0.224 e. The van der Waals surface area contributed by atoms with E-state index in [-0.39, 0.29) is 5.28 Å². The summed E-state index contributed by atoms with van der Waals surface area (Å²) in [6.07, 6.45) is 1.52. The lowest BCUT2D eigenvalue weighted by Crippen LogP contribution is -2.10.